The van der Waals surface area contributed by atoms with Gasteiger partial charge in [-0.3, -0.25) is 0 Å². The van der Waals surface area contributed by atoms with Gasteiger partial charge in [0.1, 0.15) is 17.2 Å². The van der Waals surface area contributed by atoms with Crippen LogP contribution in [-0.4, -0.2) is 25.4 Å². The molecule has 0 saturated carbocycles. The molecule has 16 heavy (non-hydrogen) atoms. The number of hydrogen-bond donors (Lipinski definition) is 2. The second-order valence-corrected chi connectivity index (χ2v) is 3.70. The minimum Gasteiger partial charge on any atom is -0.508 e. The van der Waals surface area contributed by atoms with Crippen molar-refractivity contribution < 1.29 is 14.6 Å². The van der Waals surface area contributed by atoms with Crippen LogP contribution in [0.15, 0.2) is 12.1 Å². The SMILES string of the molecule is CCC(N)Cc1c(OC)cc(O)cc1OC. The van der Waals surface area contributed by atoms with E-state index in [4.69, 9.17) is 15.2 Å². The van der Waals surface area contributed by atoms with E-state index in [9.17, 15) is 5.11 Å². The number of hydrogen-bond acceptors (Lipinski definition) is 4. The summed E-state index contributed by atoms with van der Waals surface area (Å²) in [5, 5.41) is 9.48. The number of phenolic OH excluding ortho intramolecular Hbond substituents is 1. The highest BCUT2D eigenvalue weighted by Gasteiger charge is 2.14. The maximum Gasteiger partial charge on any atom is 0.129 e. The van der Waals surface area contributed by atoms with E-state index >= 15 is 0 Å². The first-order valence-corrected chi connectivity index (χ1v) is 5.31. The zero-order chi connectivity index (χ0) is 12.1. The van der Waals surface area contributed by atoms with E-state index < -0.39 is 0 Å². The summed E-state index contributed by atoms with van der Waals surface area (Å²) in [5.41, 5.74) is 6.82. The smallest absolute Gasteiger partial charge is 0.129 e. The molecule has 0 aliphatic carbocycles. The summed E-state index contributed by atoms with van der Waals surface area (Å²) in [6, 6.07) is 3.20. The fourth-order valence-corrected chi connectivity index (χ4v) is 1.58. The molecule has 0 fully saturated rings. The van der Waals surface area contributed by atoms with Crippen LogP contribution in [0.4, 0.5) is 0 Å². The molecule has 0 aliphatic rings. The van der Waals surface area contributed by atoms with Gasteiger partial charge in [-0.15, -0.1) is 0 Å². The molecule has 4 heteroatoms. The topological polar surface area (TPSA) is 64.7 Å². The summed E-state index contributed by atoms with van der Waals surface area (Å²) < 4.78 is 10.4. The lowest BCUT2D eigenvalue weighted by Crippen LogP contribution is -2.22. The largest absolute Gasteiger partial charge is 0.508 e. The molecule has 0 saturated heterocycles. The third kappa shape index (κ3) is 2.79. The Morgan fingerprint density at radius 3 is 2.12 bits per heavy atom. The Balaban J connectivity index is 3.11. The predicted octanol–water partition coefficient (Wildman–Crippen LogP) is 1.69. The highest BCUT2D eigenvalue weighted by molar-refractivity contribution is 5.50. The monoisotopic (exact) mass is 225 g/mol. The van der Waals surface area contributed by atoms with Crippen LogP contribution in [0.2, 0.25) is 0 Å². The zero-order valence-electron chi connectivity index (χ0n) is 9.99. The van der Waals surface area contributed by atoms with Crippen LogP contribution in [-0.2, 0) is 6.42 Å². The Kier molecular flexibility index (Phi) is 4.43. The first-order valence-electron chi connectivity index (χ1n) is 5.31. The molecule has 1 aromatic rings. The van der Waals surface area contributed by atoms with Crippen molar-refractivity contribution in [2.45, 2.75) is 25.8 Å². The van der Waals surface area contributed by atoms with E-state index in [0.717, 1.165) is 12.0 Å². The maximum atomic E-state index is 9.48. The van der Waals surface area contributed by atoms with E-state index in [1.807, 2.05) is 6.92 Å². The van der Waals surface area contributed by atoms with Gasteiger partial charge in [-0.2, -0.15) is 0 Å². The van der Waals surface area contributed by atoms with E-state index in [0.29, 0.717) is 17.9 Å². The van der Waals surface area contributed by atoms with Crippen molar-refractivity contribution in [3.8, 4) is 17.2 Å². The summed E-state index contributed by atoms with van der Waals surface area (Å²) in [7, 11) is 3.13. The number of methoxy groups -OCH3 is 2. The van der Waals surface area contributed by atoms with E-state index in [2.05, 4.69) is 0 Å². The molecular weight excluding hydrogens is 206 g/mol. The van der Waals surface area contributed by atoms with Gasteiger partial charge in [-0.05, 0) is 12.8 Å². The highest BCUT2D eigenvalue weighted by Crippen LogP contribution is 2.34. The number of nitrogens with two attached hydrogens (primary N) is 1. The third-order valence-electron chi connectivity index (χ3n) is 2.58. The Labute approximate surface area is 96.0 Å². The Morgan fingerprint density at radius 2 is 1.75 bits per heavy atom. The fraction of sp³-hybridized carbons (Fsp3) is 0.500. The second kappa shape index (κ2) is 5.61. The van der Waals surface area contributed by atoms with E-state index in [1.165, 1.54) is 0 Å². The molecule has 0 aromatic heterocycles. The molecule has 0 spiro atoms. The molecule has 1 rings (SSSR count). The normalized spacial score (nSPS) is 12.2. The number of benzene rings is 1. The number of rotatable bonds is 5. The van der Waals surface area contributed by atoms with Crippen LogP contribution in [0.5, 0.6) is 17.2 Å². The molecule has 90 valence electrons. The van der Waals surface area contributed by atoms with Crippen LogP contribution >= 0.6 is 0 Å². The summed E-state index contributed by atoms with van der Waals surface area (Å²) in [6.45, 7) is 2.03. The van der Waals surface area contributed by atoms with Gasteiger partial charge < -0.3 is 20.3 Å². The molecular formula is C12H19NO3. The third-order valence-corrected chi connectivity index (χ3v) is 2.58. The lowest BCUT2D eigenvalue weighted by Gasteiger charge is -2.16. The second-order valence-electron chi connectivity index (χ2n) is 3.70. The fourth-order valence-electron chi connectivity index (χ4n) is 1.58. The molecule has 1 aromatic carbocycles. The molecule has 1 atom stereocenters. The van der Waals surface area contributed by atoms with Gasteiger partial charge in [-0.1, -0.05) is 6.92 Å². The first-order chi connectivity index (χ1) is 7.62. The summed E-state index contributed by atoms with van der Waals surface area (Å²) in [6.07, 6.45) is 1.55. The van der Waals surface area contributed by atoms with E-state index in [-0.39, 0.29) is 11.8 Å². The van der Waals surface area contributed by atoms with Gasteiger partial charge in [0.2, 0.25) is 0 Å². The van der Waals surface area contributed by atoms with Crippen molar-refractivity contribution in [2.75, 3.05) is 14.2 Å². The first kappa shape index (κ1) is 12.6. The number of phenols is 1. The van der Waals surface area contributed by atoms with Crippen molar-refractivity contribution in [1.82, 2.24) is 0 Å². The molecule has 0 bridgehead atoms. The van der Waals surface area contributed by atoms with Crippen molar-refractivity contribution in [1.29, 1.82) is 0 Å². The lowest BCUT2D eigenvalue weighted by molar-refractivity contribution is 0.374. The van der Waals surface area contributed by atoms with Crippen LogP contribution in [0.1, 0.15) is 18.9 Å². The molecule has 3 N–H and O–H groups in total. The van der Waals surface area contributed by atoms with Crippen LogP contribution in [0.25, 0.3) is 0 Å². The molecule has 4 nitrogen and oxygen atoms in total. The number of aromatic hydroxyl groups is 1. The maximum absolute atomic E-state index is 9.48. The molecule has 0 amide bonds. The number of ether oxygens (including phenoxy) is 2. The van der Waals surface area contributed by atoms with Crippen molar-refractivity contribution in [2.24, 2.45) is 5.73 Å². The summed E-state index contributed by atoms with van der Waals surface area (Å²) in [5.74, 6) is 1.35. The van der Waals surface area contributed by atoms with Gasteiger partial charge >= 0.3 is 0 Å². The highest BCUT2D eigenvalue weighted by atomic mass is 16.5. The van der Waals surface area contributed by atoms with Gasteiger partial charge in [0.15, 0.2) is 0 Å². The summed E-state index contributed by atoms with van der Waals surface area (Å²) >= 11 is 0. The van der Waals surface area contributed by atoms with Gasteiger partial charge in [-0.25, -0.2) is 0 Å². The van der Waals surface area contributed by atoms with Crippen molar-refractivity contribution >= 4 is 0 Å². The standard InChI is InChI=1S/C12H19NO3/c1-4-8(13)5-10-11(15-2)6-9(14)7-12(10)16-3/h6-8,14H,4-5,13H2,1-3H3. The van der Waals surface area contributed by atoms with Gasteiger partial charge in [0.25, 0.3) is 0 Å². The molecule has 1 unspecified atom stereocenters. The molecule has 0 heterocycles. The minimum atomic E-state index is 0.0624. The predicted molar refractivity (Wildman–Crippen MR) is 63.2 cm³/mol. The van der Waals surface area contributed by atoms with Crippen molar-refractivity contribution in [3.05, 3.63) is 17.7 Å². The molecule has 0 aliphatic heterocycles. The van der Waals surface area contributed by atoms with Gasteiger partial charge in [0.05, 0.1) is 14.2 Å². The van der Waals surface area contributed by atoms with Crippen LogP contribution < -0.4 is 15.2 Å². The van der Waals surface area contributed by atoms with Crippen molar-refractivity contribution in [3.63, 3.8) is 0 Å². The minimum absolute atomic E-state index is 0.0624. The average Bonchev–Trinajstić information content (AvgIpc) is 2.30. The average molecular weight is 225 g/mol. The lowest BCUT2D eigenvalue weighted by atomic mass is 10.0. The Morgan fingerprint density at radius 1 is 1.25 bits per heavy atom. The quantitative estimate of drug-likeness (QED) is 0.800. The van der Waals surface area contributed by atoms with Crippen LogP contribution in [0.3, 0.4) is 0 Å². The zero-order valence-corrected chi connectivity index (χ0v) is 9.99. The summed E-state index contributed by atoms with van der Waals surface area (Å²) in [4.78, 5) is 0. The Hall–Kier alpha value is -1.42. The molecule has 0 radical (unpaired) electrons. The Bertz CT molecular complexity index is 327. The van der Waals surface area contributed by atoms with E-state index in [1.54, 1.807) is 26.4 Å². The van der Waals surface area contributed by atoms with Gasteiger partial charge in [0, 0.05) is 23.7 Å². The van der Waals surface area contributed by atoms with Crippen LogP contribution in [0, 0.1) is 0 Å².